The zero-order valence-electron chi connectivity index (χ0n) is 12.3. The van der Waals surface area contributed by atoms with Crippen molar-refractivity contribution in [3.8, 4) is 0 Å². The number of rotatable bonds is 6. The molecule has 0 aromatic carbocycles. The van der Waals surface area contributed by atoms with Crippen LogP contribution in [0.15, 0.2) is 22.8 Å². The van der Waals surface area contributed by atoms with Gasteiger partial charge in [0.1, 0.15) is 12.4 Å². The topological polar surface area (TPSA) is 54.7 Å². The molecule has 0 bridgehead atoms. The highest BCUT2D eigenvalue weighted by Gasteiger charge is 2.30. The molecule has 0 saturated carbocycles. The SMILES string of the molecule is CC1CCC(C)N1C(=O)NCCCOCc1ccco1. The highest BCUT2D eigenvalue weighted by atomic mass is 16.5. The molecule has 1 saturated heterocycles. The second kappa shape index (κ2) is 7.33. The largest absolute Gasteiger partial charge is 0.467 e. The maximum absolute atomic E-state index is 12.0. The van der Waals surface area contributed by atoms with Crippen LogP contribution in [0.25, 0.3) is 0 Å². The molecule has 1 aliphatic rings. The van der Waals surface area contributed by atoms with Gasteiger partial charge in [0.2, 0.25) is 0 Å². The summed E-state index contributed by atoms with van der Waals surface area (Å²) in [6.45, 7) is 5.96. The summed E-state index contributed by atoms with van der Waals surface area (Å²) in [4.78, 5) is 14.0. The second-order valence-electron chi connectivity index (χ2n) is 5.40. The molecule has 2 unspecified atom stereocenters. The van der Waals surface area contributed by atoms with Crippen molar-refractivity contribution in [3.05, 3.63) is 24.2 Å². The average molecular weight is 280 g/mol. The summed E-state index contributed by atoms with van der Waals surface area (Å²) >= 11 is 0. The lowest BCUT2D eigenvalue weighted by Gasteiger charge is -2.26. The predicted octanol–water partition coefficient (Wildman–Crippen LogP) is 2.77. The average Bonchev–Trinajstić information content (AvgIpc) is 3.04. The molecular weight excluding hydrogens is 256 g/mol. The third-order valence-electron chi connectivity index (χ3n) is 3.75. The summed E-state index contributed by atoms with van der Waals surface area (Å²) in [6, 6.07) is 4.48. The number of hydrogen-bond donors (Lipinski definition) is 1. The highest BCUT2D eigenvalue weighted by molar-refractivity contribution is 5.75. The van der Waals surface area contributed by atoms with E-state index in [2.05, 4.69) is 19.2 Å². The van der Waals surface area contributed by atoms with Gasteiger partial charge in [0, 0.05) is 25.2 Å². The van der Waals surface area contributed by atoms with Gasteiger partial charge in [-0.05, 0) is 45.2 Å². The fourth-order valence-corrected chi connectivity index (χ4v) is 2.62. The summed E-state index contributed by atoms with van der Waals surface area (Å²) < 4.78 is 10.6. The Balaban J connectivity index is 1.55. The maximum Gasteiger partial charge on any atom is 0.317 e. The number of amides is 2. The predicted molar refractivity (Wildman–Crippen MR) is 76.4 cm³/mol. The summed E-state index contributed by atoms with van der Waals surface area (Å²) in [7, 11) is 0. The molecule has 0 aliphatic carbocycles. The van der Waals surface area contributed by atoms with Crippen molar-refractivity contribution in [2.75, 3.05) is 13.2 Å². The van der Waals surface area contributed by atoms with Gasteiger partial charge in [0.15, 0.2) is 0 Å². The molecule has 2 rings (SSSR count). The lowest BCUT2D eigenvalue weighted by atomic mass is 10.2. The molecule has 20 heavy (non-hydrogen) atoms. The number of hydrogen-bond acceptors (Lipinski definition) is 3. The number of nitrogens with one attached hydrogen (secondary N) is 1. The van der Waals surface area contributed by atoms with Crippen LogP contribution in [-0.2, 0) is 11.3 Å². The molecule has 2 amide bonds. The molecule has 2 atom stereocenters. The zero-order valence-corrected chi connectivity index (χ0v) is 12.3. The molecule has 1 aromatic rings. The minimum absolute atomic E-state index is 0.0496. The van der Waals surface area contributed by atoms with Crippen molar-refractivity contribution in [1.29, 1.82) is 0 Å². The van der Waals surface area contributed by atoms with E-state index in [1.165, 1.54) is 0 Å². The summed E-state index contributed by atoms with van der Waals surface area (Å²) in [5, 5.41) is 2.96. The fourth-order valence-electron chi connectivity index (χ4n) is 2.62. The van der Waals surface area contributed by atoms with Gasteiger partial charge in [-0.2, -0.15) is 0 Å². The standard InChI is InChI=1S/C15H24N2O3/c1-12-6-7-13(2)17(12)15(18)16-8-4-9-19-11-14-5-3-10-20-14/h3,5,10,12-13H,4,6-9,11H2,1-2H3,(H,16,18). The molecule has 0 spiro atoms. The zero-order chi connectivity index (χ0) is 14.4. The third-order valence-corrected chi connectivity index (χ3v) is 3.75. The van der Waals surface area contributed by atoms with Crippen molar-refractivity contribution >= 4 is 6.03 Å². The van der Waals surface area contributed by atoms with Crippen LogP contribution in [0, 0.1) is 0 Å². The minimum atomic E-state index is 0.0496. The Morgan fingerprint density at radius 3 is 2.85 bits per heavy atom. The lowest BCUT2D eigenvalue weighted by molar-refractivity contribution is 0.104. The Morgan fingerprint density at radius 2 is 2.20 bits per heavy atom. The first-order valence-electron chi connectivity index (χ1n) is 7.34. The van der Waals surface area contributed by atoms with Crippen molar-refractivity contribution in [2.24, 2.45) is 0 Å². The van der Waals surface area contributed by atoms with Gasteiger partial charge < -0.3 is 19.4 Å². The van der Waals surface area contributed by atoms with E-state index in [1.54, 1.807) is 6.26 Å². The Hall–Kier alpha value is -1.49. The first kappa shape index (κ1) is 14.9. The van der Waals surface area contributed by atoms with Crippen LogP contribution in [-0.4, -0.2) is 36.2 Å². The van der Waals surface area contributed by atoms with E-state index >= 15 is 0 Å². The van der Waals surface area contributed by atoms with Crippen molar-refractivity contribution in [1.82, 2.24) is 10.2 Å². The molecular formula is C15H24N2O3. The second-order valence-corrected chi connectivity index (χ2v) is 5.40. The quantitative estimate of drug-likeness (QED) is 0.815. The first-order chi connectivity index (χ1) is 9.68. The van der Waals surface area contributed by atoms with Gasteiger partial charge in [-0.25, -0.2) is 4.79 Å². The third kappa shape index (κ3) is 4.00. The molecule has 1 N–H and O–H groups in total. The van der Waals surface area contributed by atoms with Crippen LogP contribution < -0.4 is 5.32 Å². The fraction of sp³-hybridized carbons (Fsp3) is 0.667. The Labute approximate surface area is 120 Å². The molecule has 0 radical (unpaired) electrons. The number of nitrogens with zero attached hydrogens (tertiary/aromatic N) is 1. The van der Waals surface area contributed by atoms with E-state index < -0.39 is 0 Å². The van der Waals surface area contributed by atoms with Crippen molar-refractivity contribution < 1.29 is 13.9 Å². The van der Waals surface area contributed by atoms with Gasteiger partial charge in [-0.3, -0.25) is 0 Å². The van der Waals surface area contributed by atoms with Gasteiger partial charge in [0.25, 0.3) is 0 Å². The first-order valence-corrected chi connectivity index (χ1v) is 7.34. The summed E-state index contributed by atoms with van der Waals surface area (Å²) in [6.07, 6.45) is 4.64. The molecule has 1 aromatic heterocycles. The number of likely N-dealkylation sites (tertiary alicyclic amines) is 1. The van der Waals surface area contributed by atoms with Gasteiger partial charge in [0.05, 0.1) is 6.26 Å². The minimum Gasteiger partial charge on any atom is -0.467 e. The number of ether oxygens (including phenoxy) is 1. The number of carbonyl (C=O) groups excluding carboxylic acids is 1. The van der Waals surface area contributed by atoms with E-state index in [4.69, 9.17) is 9.15 Å². The monoisotopic (exact) mass is 280 g/mol. The van der Waals surface area contributed by atoms with Crippen LogP contribution in [0.5, 0.6) is 0 Å². The molecule has 1 fully saturated rings. The van der Waals surface area contributed by atoms with E-state index in [9.17, 15) is 4.79 Å². The van der Waals surface area contributed by atoms with Gasteiger partial charge in [-0.1, -0.05) is 0 Å². The molecule has 112 valence electrons. The van der Waals surface area contributed by atoms with E-state index in [0.29, 0.717) is 31.8 Å². The molecule has 5 heteroatoms. The van der Waals surface area contributed by atoms with Gasteiger partial charge in [-0.15, -0.1) is 0 Å². The number of carbonyl (C=O) groups is 1. The molecule has 2 heterocycles. The van der Waals surface area contributed by atoms with E-state index in [1.807, 2.05) is 17.0 Å². The van der Waals surface area contributed by atoms with Crippen molar-refractivity contribution in [2.45, 2.75) is 51.8 Å². The normalized spacial score (nSPS) is 22.2. The molecule has 5 nitrogen and oxygen atoms in total. The molecule has 1 aliphatic heterocycles. The summed E-state index contributed by atoms with van der Waals surface area (Å²) in [5.41, 5.74) is 0. The highest BCUT2D eigenvalue weighted by Crippen LogP contribution is 2.23. The van der Waals surface area contributed by atoms with Crippen LogP contribution in [0.1, 0.15) is 38.9 Å². The Bertz CT molecular complexity index is 395. The van der Waals surface area contributed by atoms with Crippen molar-refractivity contribution in [3.63, 3.8) is 0 Å². The number of furan rings is 1. The van der Waals surface area contributed by atoms with Crippen LogP contribution in [0.3, 0.4) is 0 Å². The van der Waals surface area contributed by atoms with Crippen LogP contribution in [0.4, 0.5) is 4.79 Å². The smallest absolute Gasteiger partial charge is 0.317 e. The van der Waals surface area contributed by atoms with E-state index in [0.717, 1.165) is 25.0 Å². The van der Waals surface area contributed by atoms with Gasteiger partial charge >= 0.3 is 6.03 Å². The maximum atomic E-state index is 12.0. The lowest BCUT2D eigenvalue weighted by Crippen LogP contribution is -2.45. The Morgan fingerprint density at radius 1 is 1.45 bits per heavy atom. The Kier molecular flexibility index (Phi) is 5.47. The van der Waals surface area contributed by atoms with Crippen LogP contribution in [0.2, 0.25) is 0 Å². The number of urea groups is 1. The van der Waals surface area contributed by atoms with Crippen LogP contribution >= 0.6 is 0 Å². The van der Waals surface area contributed by atoms with E-state index in [-0.39, 0.29) is 6.03 Å². The summed E-state index contributed by atoms with van der Waals surface area (Å²) in [5.74, 6) is 0.828.